The number of rotatable bonds is 4. The van der Waals surface area contributed by atoms with Crippen LogP contribution in [0.2, 0.25) is 0 Å². The number of hydrogen-bond donors (Lipinski definition) is 3. The van der Waals surface area contributed by atoms with Gasteiger partial charge in [0, 0.05) is 29.7 Å². The van der Waals surface area contributed by atoms with Crippen LogP contribution in [0.3, 0.4) is 0 Å². The third-order valence-electron chi connectivity index (χ3n) is 4.19. The molecule has 0 saturated carbocycles. The quantitative estimate of drug-likeness (QED) is 0.752. The van der Waals surface area contributed by atoms with Gasteiger partial charge in [0.05, 0.1) is 0 Å². The second-order valence-corrected chi connectivity index (χ2v) is 5.96. The first-order valence-electron chi connectivity index (χ1n) is 7.78. The smallest absolute Gasteiger partial charge is 0.232 e. The molecule has 0 spiro atoms. The molecule has 1 aromatic carbocycles. The SMILES string of the molecule is C[C@H](Cc1c[nH]c2ccccc12)NC(=O)[C@H]1CCCNC1=O. The summed E-state index contributed by atoms with van der Waals surface area (Å²) >= 11 is 0. The van der Waals surface area contributed by atoms with Crippen molar-refractivity contribution in [3.8, 4) is 0 Å². The molecule has 3 N–H and O–H groups in total. The van der Waals surface area contributed by atoms with Gasteiger partial charge in [0.15, 0.2) is 0 Å². The lowest BCUT2D eigenvalue weighted by atomic mass is 9.97. The van der Waals surface area contributed by atoms with Gasteiger partial charge >= 0.3 is 0 Å². The average Bonchev–Trinajstić information content (AvgIpc) is 2.91. The first-order valence-corrected chi connectivity index (χ1v) is 7.78. The van der Waals surface area contributed by atoms with E-state index in [-0.39, 0.29) is 17.9 Å². The Labute approximate surface area is 129 Å². The van der Waals surface area contributed by atoms with E-state index in [1.54, 1.807) is 0 Å². The van der Waals surface area contributed by atoms with Crippen LogP contribution in [0.25, 0.3) is 10.9 Å². The first kappa shape index (κ1) is 14.6. The van der Waals surface area contributed by atoms with Crippen molar-refractivity contribution in [3.05, 3.63) is 36.0 Å². The van der Waals surface area contributed by atoms with E-state index < -0.39 is 5.92 Å². The summed E-state index contributed by atoms with van der Waals surface area (Å²) in [5.41, 5.74) is 2.28. The van der Waals surface area contributed by atoms with Crippen LogP contribution in [0.5, 0.6) is 0 Å². The van der Waals surface area contributed by atoms with Crippen molar-refractivity contribution in [1.29, 1.82) is 0 Å². The predicted octanol–water partition coefficient (Wildman–Crippen LogP) is 1.74. The van der Waals surface area contributed by atoms with Crippen molar-refractivity contribution >= 4 is 22.7 Å². The van der Waals surface area contributed by atoms with Gasteiger partial charge in [-0.2, -0.15) is 0 Å². The van der Waals surface area contributed by atoms with Crippen molar-refractivity contribution in [1.82, 2.24) is 15.6 Å². The molecule has 5 nitrogen and oxygen atoms in total. The van der Waals surface area contributed by atoms with Crippen LogP contribution >= 0.6 is 0 Å². The number of fused-ring (bicyclic) bond motifs is 1. The molecule has 0 unspecified atom stereocenters. The number of piperidine rings is 1. The molecule has 0 bridgehead atoms. The summed E-state index contributed by atoms with van der Waals surface area (Å²) in [7, 11) is 0. The number of hydrogen-bond acceptors (Lipinski definition) is 2. The number of para-hydroxylation sites is 1. The molecular formula is C17H21N3O2. The zero-order chi connectivity index (χ0) is 15.5. The van der Waals surface area contributed by atoms with Crippen LogP contribution in [0, 0.1) is 5.92 Å². The molecule has 1 aliphatic rings. The lowest BCUT2D eigenvalue weighted by molar-refractivity contribution is -0.137. The number of nitrogens with one attached hydrogen (secondary N) is 3. The molecule has 2 heterocycles. The minimum absolute atomic E-state index is 0.0126. The number of carbonyl (C=O) groups is 2. The minimum atomic E-state index is -0.542. The number of aromatic nitrogens is 1. The number of benzene rings is 1. The Balaban J connectivity index is 1.63. The molecule has 1 aromatic heterocycles. The number of amides is 2. The van der Waals surface area contributed by atoms with Crippen LogP contribution in [0.1, 0.15) is 25.3 Å². The van der Waals surface area contributed by atoms with Crippen LogP contribution in [-0.4, -0.2) is 29.4 Å². The summed E-state index contributed by atoms with van der Waals surface area (Å²) in [6.07, 6.45) is 4.23. The van der Waals surface area contributed by atoms with E-state index in [1.165, 1.54) is 10.9 Å². The highest BCUT2D eigenvalue weighted by atomic mass is 16.2. The van der Waals surface area contributed by atoms with E-state index >= 15 is 0 Å². The van der Waals surface area contributed by atoms with Crippen molar-refractivity contribution in [2.45, 2.75) is 32.2 Å². The van der Waals surface area contributed by atoms with Gasteiger partial charge in [0.2, 0.25) is 11.8 Å². The van der Waals surface area contributed by atoms with Gasteiger partial charge in [0.1, 0.15) is 5.92 Å². The van der Waals surface area contributed by atoms with Crippen molar-refractivity contribution in [2.75, 3.05) is 6.54 Å². The van der Waals surface area contributed by atoms with E-state index in [0.717, 1.165) is 18.4 Å². The van der Waals surface area contributed by atoms with Gasteiger partial charge in [-0.15, -0.1) is 0 Å². The van der Waals surface area contributed by atoms with Gasteiger partial charge in [-0.1, -0.05) is 18.2 Å². The third-order valence-corrected chi connectivity index (χ3v) is 4.19. The van der Waals surface area contributed by atoms with Crippen LogP contribution in [0.4, 0.5) is 0 Å². The Hall–Kier alpha value is -2.30. The van der Waals surface area contributed by atoms with E-state index in [2.05, 4.69) is 21.7 Å². The standard InChI is InChI=1S/C17H21N3O2/c1-11(20-17(22)14-6-4-8-18-16(14)21)9-12-10-19-15-7-3-2-5-13(12)15/h2-3,5,7,10-11,14,19H,4,6,8-9H2,1H3,(H,18,21)(H,20,22)/t11-,14+/m1/s1. The Bertz CT molecular complexity index is 692. The summed E-state index contributed by atoms with van der Waals surface area (Å²) in [4.78, 5) is 27.2. The van der Waals surface area contributed by atoms with Crippen LogP contribution in [-0.2, 0) is 16.0 Å². The molecule has 5 heteroatoms. The van der Waals surface area contributed by atoms with Crippen LogP contribution < -0.4 is 10.6 Å². The summed E-state index contributed by atoms with van der Waals surface area (Å²) < 4.78 is 0. The summed E-state index contributed by atoms with van der Waals surface area (Å²) in [6, 6.07) is 8.10. The van der Waals surface area contributed by atoms with E-state index in [1.807, 2.05) is 31.3 Å². The zero-order valence-electron chi connectivity index (χ0n) is 12.7. The Morgan fingerprint density at radius 3 is 3.05 bits per heavy atom. The third kappa shape index (κ3) is 2.98. The highest BCUT2D eigenvalue weighted by molar-refractivity contribution is 6.00. The molecule has 0 radical (unpaired) electrons. The van der Waals surface area contributed by atoms with Crippen LogP contribution in [0.15, 0.2) is 30.5 Å². The molecule has 2 atom stereocenters. The van der Waals surface area contributed by atoms with E-state index in [9.17, 15) is 9.59 Å². The Kier molecular flexibility index (Phi) is 4.13. The van der Waals surface area contributed by atoms with E-state index in [4.69, 9.17) is 0 Å². The Morgan fingerprint density at radius 1 is 1.41 bits per heavy atom. The highest BCUT2D eigenvalue weighted by Gasteiger charge is 2.29. The fraction of sp³-hybridized carbons (Fsp3) is 0.412. The van der Waals surface area contributed by atoms with Crippen molar-refractivity contribution in [3.63, 3.8) is 0 Å². The topological polar surface area (TPSA) is 74.0 Å². The van der Waals surface area contributed by atoms with E-state index in [0.29, 0.717) is 13.0 Å². The highest BCUT2D eigenvalue weighted by Crippen LogP contribution is 2.19. The molecule has 0 aliphatic carbocycles. The second kappa shape index (κ2) is 6.22. The monoisotopic (exact) mass is 299 g/mol. The maximum absolute atomic E-state index is 12.2. The molecule has 3 rings (SSSR count). The lowest BCUT2D eigenvalue weighted by Gasteiger charge is -2.23. The van der Waals surface area contributed by atoms with Crippen molar-refractivity contribution in [2.24, 2.45) is 5.92 Å². The fourth-order valence-electron chi connectivity index (χ4n) is 3.05. The molecule has 22 heavy (non-hydrogen) atoms. The molecule has 1 saturated heterocycles. The molecule has 2 amide bonds. The van der Waals surface area contributed by atoms with Gasteiger partial charge < -0.3 is 15.6 Å². The summed E-state index contributed by atoms with van der Waals surface area (Å²) in [5, 5.41) is 6.90. The van der Waals surface area contributed by atoms with Gasteiger partial charge in [-0.05, 0) is 37.8 Å². The minimum Gasteiger partial charge on any atom is -0.361 e. The molecule has 1 fully saturated rings. The number of aromatic amines is 1. The Morgan fingerprint density at radius 2 is 2.23 bits per heavy atom. The van der Waals surface area contributed by atoms with Crippen molar-refractivity contribution < 1.29 is 9.59 Å². The average molecular weight is 299 g/mol. The fourth-order valence-corrected chi connectivity index (χ4v) is 3.05. The summed E-state index contributed by atoms with van der Waals surface area (Å²) in [5.74, 6) is -0.855. The van der Waals surface area contributed by atoms with Gasteiger partial charge in [0.25, 0.3) is 0 Å². The lowest BCUT2D eigenvalue weighted by Crippen LogP contribution is -2.47. The normalized spacial score (nSPS) is 19.7. The van der Waals surface area contributed by atoms with Gasteiger partial charge in [-0.3, -0.25) is 9.59 Å². The zero-order valence-corrected chi connectivity index (χ0v) is 12.7. The van der Waals surface area contributed by atoms with Gasteiger partial charge in [-0.25, -0.2) is 0 Å². The molecule has 1 aliphatic heterocycles. The molecule has 2 aromatic rings. The number of H-pyrrole nitrogens is 1. The molecule has 116 valence electrons. The maximum Gasteiger partial charge on any atom is 0.232 e. The summed E-state index contributed by atoms with van der Waals surface area (Å²) in [6.45, 7) is 2.65. The number of carbonyl (C=O) groups excluding carboxylic acids is 2. The predicted molar refractivity (Wildman–Crippen MR) is 85.3 cm³/mol. The molecular weight excluding hydrogens is 278 g/mol. The second-order valence-electron chi connectivity index (χ2n) is 5.96. The first-order chi connectivity index (χ1) is 10.6. The maximum atomic E-state index is 12.2. The largest absolute Gasteiger partial charge is 0.361 e.